The van der Waals surface area contributed by atoms with Crippen LogP contribution in [0.2, 0.25) is 0 Å². The largest absolute Gasteiger partial charge is 0.456 e. The van der Waals surface area contributed by atoms with E-state index in [1.165, 1.54) is 0 Å². The number of para-hydroxylation sites is 1. The van der Waals surface area contributed by atoms with Crippen molar-refractivity contribution in [3.63, 3.8) is 0 Å². The van der Waals surface area contributed by atoms with Gasteiger partial charge in [0, 0.05) is 16.6 Å². The molecule has 0 spiro atoms. The lowest BCUT2D eigenvalue weighted by molar-refractivity contribution is -0.120. The summed E-state index contributed by atoms with van der Waals surface area (Å²) in [5.74, 6) is 0.244. The predicted molar refractivity (Wildman–Crippen MR) is 112 cm³/mol. The molecule has 1 heterocycles. The number of carbonyl (C=O) groups excluding carboxylic acids is 2. The van der Waals surface area contributed by atoms with Crippen LogP contribution in [-0.2, 0) is 4.79 Å². The number of furan rings is 1. The van der Waals surface area contributed by atoms with Crippen LogP contribution in [0.15, 0.2) is 89.3 Å². The van der Waals surface area contributed by atoms with Crippen molar-refractivity contribution in [2.24, 2.45) is 5.73 Å². The third-order valence-electron chi connectivity index (χ3n) is 4.55. The van der Waals surface area contributed by atoms with Crippen LogP contribution in [0.25, 0.3) is 22.3 Å². The molecule has 0 aliphatic carbocycles. The third kappa shape index (κ3) is 4.11. The van der Waals surface area contributed by atoms with E-state index in [1.807, 2.05) is 72.8 Å². The van der Waals surface area contributed by atoms with E-state index < -0.39 is 18.0 Å². The van der Waals surface area contributed by atoms with Crippen LogP contribution in [0.3, 0.4) is 0 Å². The second-order valence-corrected chi connectivity index (χ2v) is 6.57. The maximum Gasteiger partial charge on any atom is 0.318 e. The van der Waals surface area contributed by atoms with Gasteiger partial charge in [-0.2, -0.15) is 0 Å². The van der Waals surface area contributed by atoms with Crippen LogP contribution in [0, 0.1) is 0 Å². The summed E-state index contributed by atoms with van der Waals surface area (Å²) >= 11 is 0. The van der Waals surface area contributed by atoms with Crippen molar-refractivity contribution in [3.8, 4) is 11.3 Å². The maximum absolute atomic E-state index is 12.5. The highest BCUT2D eigenvalue weighted by Crippen LogP contribution is 2.29. The molecule has 0 saturated heterocycles. The molecule has 29 heavy (non-hydrogen) atoms. The van der Waals surface area contributed by atoms with Crippen molar-refractivity contribution in [2.75, 3.05) is 5.32 Å². The van der Waals surface area contributed by atoms with Gasteiger partial charge in [0.2, 0.25) is 0 Å². The summed E-state index contributed by atoms with van der Waals surface area (Å²) in [5.41, 5.74) is 8.30. The van der Waals surface area contributed by atoms with E-state index in [2.05, 4.69) is 10.6 Å². The average molecular weight is 385 g/mol. The zero-order chi connectivity index (χ0) is 20.2. The minimum absolute atomic E-state index is 0.523. The second kappa shape index (κ2) is 7.90. The van der Waals surface area contributed by atoms with Crippen molar-refractivity contribution in [2.45, 2.75) is 6.04 Å². The molecule has 0 radical (unpaired) electrons. The van der Waals surface area contributed by atoms with Crippen LogP contribution in [0.4, 0.5) is 10.5 Å². The average Bonchev–Trinajstić information content (AvgIpc) is 3.17. The number of fused-ring (bicyclic) bond motifs is 1. The number of carbonyl (C=O) groups is 2. The lowest BCUT2D eigenvalue weighted by Gasteiger charge is -2.19. The van der Waals surface area contributed by atoms with E-state index >= 15 is 0 Å². The number of primary amides is 1. The van der Waals surface area contributed by atoms with Crippen molar-refractivity contribution in [1.29, 1.82) is 0 Å². The molecule has 3 amide bonds. The summed E-state index contributed by atoms with van der Waals surface area (Å²) in [7, 11) is 0. The first-order valence-electron chi connectivity index (χ1n) is 9.11. The zero-order valence-corrected chi connectivity index (χ0v) is 15.5. The van der Waals surface area contributed by atoms with Crippen molar-refractivity contribution in [1.82, 2.24) is 5.32 Å². The molecule has 144 valence electrons. The van der Waals surface area contributed by atoms with Crippen LogP contribution >= 0.6 is 0 Å². The SMILES string of the molecule is NC(=O)NC(=O)[C@H](Nc1ccc(-c2cc3ccccc3o2)cc1)c1ccccc1. The number of benzene rings is 3. The Bertz CT molecular complexity index is 1120. The molecule has 4 N–H and O–H groups in total. The highest BCUT2D eigenvalue weighted by molar-refractivity contribution is 5.98. The smallest absolute Gasteiger partial charge is 0.318 e. The first-order valence-corrected chi connectivity index (χ1v) is 9.11. The Hall–Kier alpha value is -4.06. The standard InChI is InChI=1S/C23H19N3O3/c24-23(28)26-22(27)21(16-6-2-1-3-7-16)25-18-12-10-15(11-13-18)20-14-17-8-4-5-9-19(17)29-20/h1-14,21,25H,(H3,24,26,27,28)/t21-/m1/s1. The fourth-order valence-electron chi connectivity index (χ4n) is 3.16. The van der Waals surface area contributed by atoms with Gasteiger partial charge in [-0.05, 0) is 42.0 Å². The molecule has 0 saturated carbocycles. The van der Waals surface area contributed by atoms with Crippen molar-refractivity contribution < 1.29 is 14.0 Å². The van der Waals surface area contributed by atoms with Crippen molar-refractivity contribution >= 4 is 28.6 Å². The van der Waals surface area contributed by atoms with Gasteiger partial charge in [0.15, 0.2) is 0 Å². The van der Waals surface area contributed by atoms with Gasteiger partial charge in [0.25, 0.3) is 5.91 Å². The number of amides is 3. The fraction of sp³-hybridized carbons (Fsp3) is 0.0435. The molecule has 0 aliphatic rings. The van der Waals surface area contributed by atoms with Gasteiger partial charge >= 0.3 is 6.03 Å². The van der Waals surface area contributed by atoms with Gasteiger partial charge in [0.1, 0.15) is 17.4 Å². The number of imide groups is 1. The summed E-state index contributed by atoms with van der Waals surface area (Å²) in [5, 5.41) is 6.33. The minimum atomic E-state index is -0.891. The van der Waals surface area contributed by atoms with E-state index in [0.29, 0.717) is 5.56 Å². The normalized spacial score (nSPS) is 11.7. The lowest BCUT2D eigenvalue weighted by Crippen LogP contribution is -2.40. The van der Waals surface area contributed by atoms with Crippen LogP contribution in [0.5, 0.6) is 0 Å². The first-order chi connectivity index (χ1) is 14.1. The fourth-order valence-corrected chi connectivity index (χ4v) is 3.16. The Labute approximate surface area is 167 Å². The maximum atomic E-state index is 12.5. The zero-order valence-electron chi connectivity index (χ0n) is 15.5. The molecule has 6 heteroatoms. The molecule has 6 nitrogen and oxygen atoms in total. The Morgan fingerprint density at radius 3 is 2.24 bits per heavy atom. The van der Waals surface area contributed by atoms with Crippen LogP contribution in [0.1, 0.15) is 11.6 Å². The topological polar surface area (TPSA) is 97.4 Å². The van der Waals surface area contributed by atoms with E-state index in [4.69, 9.17) is 10.2 Å². The summed E-state index contributed by atoms with van der Waals surface area (Å²) in [6, 6.07) is 24.8. The molecule has 1 atom stereocenters. The van der Waals surface area contributed by atoms with Gasteiger partial charge in [-0.3, -0.25) is 10.1 Å². The van der Waals surface area contributed by atoms with Gasteiger partial charge in [-0.15, -0.1) is 0 Å². The van der Waals surface area contributed by atoms with Crippen molar-refractivity contribution in [3.05, 3.63) is 90.5 Å². The van der Waals surface area contributed by atoms with E-state index in [-0.39, 0.29) is 0 Å². The molecule has 0 fully saturated rings. The minimum Gasteiger partial charge on any atom is -0.456 e. The second-order valence-electron chi connectivity index (χ2n) is 6.57. The predicted octanol–water partition coefficient (Wildman–Crippen LogP) is 4.45. The molecular formula is C23H19N3O3. The van der Waals surface area contributed by atoms with E-state index in [1.54, 1.807) is 12.1 Å². The highest BCUT2D eigenvalue weighted by Gasteiger charge is 2.21. The molecule has 0 aliphatic heterocycles. The number of nitrogens with two attached hydrogens (primary N) is 1. The molecule has 1 aromatic heterocycles. The lowest BCUT2D eigenvalue weighted by atomic mass is 10.1. The molecular weight excluding hydrogens is 366 g/mol. The summed E-state index contributed by atoms with van der Waals surface area (Å²) in [6.07, 6.45) is 0. The van der Waals surface area contributed by atoms with E-state index in [9.17, 15) is 9.59 Å². The number of hydrogen-bond acceptors (Lipinski definition) is 4. The quantitative estimate of drug-likeness (QED) is 0.473. The Kier molecular flexibility index (Phi) is 4.99. The molecule has 3 aromatic carbocycles. The first kappa shape index (κ1) is 18.3. The van der Waals surface area contributed by atoms with Crippen LogP contribution in [-0.4, -0.2) is 11.9 Å². The summed E-state index contributed by atoms with van der Waals surface area (Å²) < 4.78 is 5.89. The monoisotopic (exact) mass is 385 g/mol. The highest BCUT2D eigenvalue weighted by atomic mass is 16.3. The molecule has 0 unspecified atom stereocenters. The summed E-state index contributed by atoms with van der Waals surface area (Å²) in [6.45, 7) is 0. The number of anilines is 1. The van der Waals surface area contributed by atoms with Gasteiger partial charge < -0.3 is 15.5 Å². The van der Waals surface area contributed by atoms with E-state index in [0.717, 1.165) is 28.0 Å². The molecule has 0 bridgehead atoms. The molecule has 4 aromatic rings. The van der Waals surface area contributed by atoms with Crippen LogP contribution < -0.4 is 16.4 Å². The number of urea groups is 1. The Morgan fingerprint density at radius 2 is 1.55 bits per heavy atom. The number of nitrogens with one attached hydrogen (secondary N) is 2. The summed E-state index contributed by atoms with van der Waals surface area (Å²) in [4.78, 5) is 23.6. The number of rotatable bonds is 5. The Balaban J connectivity index is 1.58. The number of hydrogen-bond donors (Lipinski definition) is 3. The Morgan fingerprint density at radius 1 is 0.862 bits per heavy atom. The third-order valence-corrected chi connectivity index (χ3v) is 4.55. The molecule has 4 rings (SSSR count). The van der Waals surface area contributed by atoms with Gasteiger partial charge in [-0.25, -0.2) is 4.79 Å². The van der Waals surface area contributed by atoms with Gasteiger partial charge in [-0.1, -0.05) is 48.5 Å². The van der Waals surface area contributed by atoms with Gasteiger partial charge in [0.05, 0.1) is 0 Å².